The second-order valence-electron chi connectivity index (χ2n) is 6.79. The van der Waals surface area contributed by atoms with Gasteiger partial charge in [0, 0.05) is 19.1 Å². The third-order valence-electron chi connectivity index (χ3n) is 4.85. The Bertz CT molecular complexity index is 739. The van der Waals surface area contributed by atoms with Gasteiger partial charge in [-0.15, -0.1) is 5.10 Å². The lowest BCUT2D eigenvalue weighted by Crippen LogP contribution is -2.49. The minimum atomic E-state index is -0.0613. The SMILES string of the molecule is Cc1cccc(-n2nnc(C(=O)N3CCC(C)CC3CN)c2C)c1. The minimum Gasteiger partial charge on any atom is -0.333 e. The number of carbonyl (C=O) groups is 1. The molecule has 6 nitrogen and oxygen atoms in total. The molecule has 2 N–H and O–H groups in total. The van der Waals surface area contributed by atoms with E-state index in [0.717, 1.165) is 36.3 Å². The van der Waals surface area contributed by atoms with Crippen molar-refractivity contribution in [2.75, 3.05) is 13.1 Å². The normalized spacial score (nSPS) is 21.1. The zero-order valence-corrected chi connectivity index (χ0v) is 14.6. The summed E-state index contributed by atoms with van der Waals surface area (Å²) < 4.78 is 1.73. The first-order valence-electron chi connectivity index (χ1n) is 8.51. The Morgan fingerprint density at radius 3 is 2.88 bits per heavy atom. The van der Waals surface area contributed by atoms with Gasteiger partial charge in [0.15, 0.2) is 5.69 Å². The first-order valence-corrected chi connectivity index (χ1v) is 8.51. The molecule has 2 heterocycles. The summed E-state index contributed by atoms with van der Waals surface area (Å²) in [5.74, 6) is 0.542. The summed E-state index contributed by atoms with van der Waals surface area (Å²) in [6.45, 7) is 7.35. The van der Waals surface area contributed by atoms with E-state index in [-0.39, 0.29) is 11.9 Å². The Kier molecular flexibility index (Phi) is 4.66. The Morgan fingerprint density at radius 1 is 1.38 bits per heavy atom. The summed E-state index contributed by atoms with van der Waals surface area (Å²) in [7, 11) is 0. The molecule has 3 rings (SSSR count). The van der Waals surface area contributed by atoms with E-state index in [1.165, 1.54) is 0 Å². The summed E-state index contributed by atoms with van der Waals surface area (Å²) in [5.41, 5.74) is 9.13. The number of aryl methyl sites for hydroxylation is 1. The summed E-state index contributed by atoms with van der Waals surface area (Å²) in [6.07, 6.45) is 1.96. The number of piperidine rings is 1. The van der Waals surface area contributed by atoms with Crippen LogP contribution >= 0.6 is 0 Å². The van der Waals surface area contributed by atoms with Crippen LogP contribution in [0, 0.1) is 19.8 Å². The number of carbonyl (C=O) groups excluding carboxylic acids is 1. The molecule has 2 atom stereocenters. The van der Waals surface area contributed by atoms with E-state index in [0.29, 0.717) is 18.2 Å². The van der Waals surface area contributed by atoms with Crippen molar-refractivity contribution in [1.29, 1.82) is 0 Å². The Balaban J connectivity index is 1.89. The summed E-state index contributed by atoms with van der Waals surface area (Å²) >= 11 is 0. The second-order valence-corrected chi connectivity index (χ2v) is 6.79. The van der Waals surface area contributed by atoms with Gasteiger partial charge in [-0.05, 0) is 50.3 Å². The van der Waals surface area contributed by atoms with Gasteiger partial charge in [0.25, 0.3) is 5.91 Å². The van der Waals surface area contributed by atoms with Crippen LogP contribution in [0.15, 0.2) is 24.3 Å². The molecule has 2 unspecified atom stereocenters. The number of likely N-dealkylation sites (tertiary alicyclic amines) is 1. The summed E-state index contributed by atoms with van der Waals surface area (Å²) in [6, 6.07) is 8.09. The molecule has 1 aliphatic heterocycles. The highest BCUT2D eigenvalue weighted by Crippen LogP contribution is 2.24. The van der Waals surface area contributed by atoms with E-state index in [9.17, 15) is 4.79 Å². The van der Waals surface area contributed by atoms with E-state index in [1.54, 1.807) is 4.68 Å². The van der Waals surface area contributed by atoms with Crippen molar-refractivity contribution in [1.82, 2.24) is 19.9 Å². The quantitative estimate of drug-likeness (QED) is 0.936. The van der Waals surface area contributed by atoms with Crippen molar-refractivity contribution in [3.8, 4) is 5.69 Å². The van der Waals surface area contributed by atoms with Crippen molar-refractivity contribution < 1.29 is 4.79 Å². The van der Waals surface area contributed by atoms with Gasteiger partial charge in [0.1, 0.15) is 0 Å². The van der Waals surface area contributed by atoms with Crippen LogP contribution in [-0.4, -0.2) is 44.9 Å². The predicted molar refractivity (Wildman–Crippen MR) is 93.1 cm³/mol. The molecule has 0 saturated carbocycles. The molecule has 128 valence electrons. The van der Waals surface area contributed by atoms with Crippen LogP contribution in [0.4, 0.5) is 0 Å². The van der Waals surface area contributed by atoms with E-state index >= 15 is 0 Å². The molecule has 1 fully saturated rings. The van der Waals surface area contributed by atoms with Gasteiger partial charge in [-0.1, -0.05) is 24.3 Å². The lowest BCUT2D eigenvalue weighted by atomic mass is 9.92. The van der Waals surface area contributed by atoms with Gasteiger partial charge < -0.3 is 10.6 Å². The van der Waals surface area contributed by atoms with Crippen LogP contribution in [0.2, 0.25) is 0 Å². The number of nitrogens with two attached hydrogens (primary N) is 1. The molecule has 1 aliphatic rings. The molecule has 0 spiro atoms. The zero-order chi connectivity index (χ0) is 17.3. The highest BCUT2D eigenvalue weighted by Gasteiger charge is 2.32. The van der Waals surface area contributed by atoms with Crippen molar-refractivity contribution in [3.63, 3.8) is 0 Å². The van der Waals surface area contributed by atoms with E-state index in [1.807, 2.05) is 43.0 Å². The average molecular weight is 327 g/mol. The third kappa shape index (κ3) is 3.06. The lowest BCUT2D eigenvalue weighted by Gasteiger charge is -2.37. The van der Waals surface area contributed by atoms with Gasteiger partial charge in [0.05, 0.1) is 11.4 Å². The Labute approximate surface area is 142 Å². The molecular formula is C18H25N5O. The van der Waals surface area contributed by atoms with Crippen LogP contribution in [-0.2, 0) is 0 Å². The first-order chi connectivity index (χ1) is 11.5. The van der Waals surface area contributed by atoms with Crippen LogP contribution < -0.4 is 5.73 Å². The topological polar surface area (TPSA) is 77.0 Å². The number of aromatic nitrogens is 3. The van der Waals surface area contributed by atoms with Gasteiger partial charge in [-0.25, -0.2) is 4.68 Å². The van der Waals surface area contributed by atoms with E-state index in [2.05, 4.69) is 17.2 Å². The number of hydrogen-bond donors (Lipinski definition) is 1. The summed E-state index contributed by atoms with van der Waals surface area (Å²) in [4.78, 5) is 14.8. The molecule has 6 heteroatoms. The van der Waals surface area contributed by atoms with Crippen molar-refractivity contribution in [2.24, 2.45) is 11.7 Å². The Morgan fingerprint density at radius 2 is 2.17 bits per heavy atom. The Hall–Kier alpha value is -2.21. The van der Waals surface area contributed by atoms with Crippen LogP contribution in [0.25, 0.3) is 5.69 Å². The lowest BCUT2D eigenvalue weighted by molar-refractivity contribution is 0.0566. The molecule has 1 saturated heterocycles. The minimum absolute atomic E-state index is 0.0613. The third-order valence-corrected chi connectivity index (χ3v) is 4.85. The molecule has 0 radical (unpaired) electrons. The fraction of sp³-hybridized carbons (Fsp3) is 0.500. The van der Waals surface area contributed by atoms with Crippen molar-refractivity contribution in [2.45, 2.75) is 39.7 Å². The van der Waals surface area contributed by atoms with Crippen molar-refractivity contribution in [3.05, 3.63) is 41.2 Å². The highest BCUT2D eigenvalue weighted by atomic mass is 16.2. The number of amides is 1. The van der Waals surface area contributed by atoms with Gasteiger partial charge >= 0.3 is 0 Å². The average Bonchev–Trinajstić information content (AvgIpc) is 2.95. The maximum Gasteiger partial charge on any atom is 0.276 e. The van der Waals surface area contributed by atoms with Gasteiger partial charge in [0.2, 0.25) is 0 Å². The largest absolute Gasteiger partial charge is 0.333 e. The molecule has 0 aliphatic carbocycles. The molecule has 24 heavy (non-hydrogen) atoms. The van der Waals surface area contributed by atoms with Gasteiger partial charge in [-0.2, -0.15) is 0 Å². The van der Waals surface area contributed by atoms with Gasteiger partial charge in [-0.3, -0.25) is 4.79 Å². The van der Waals surface area contributed by atoms with Crippen LogP contribution in [0.1, 0.15) is 41.5 Å². The predicted octanol–water partition coefficient (Wildman–Crippen LogP) is 2.08. The van der Waals surface area contributed by atoms with Crippen LogP contribution in [0.3, 0.4) is 0 Å². The molecule has 0 bridgehead atoms. The number of rotatable bonds is 3. The fourth-order valence-corrected chi connectivity index (χ4v) is 3.41. The summed E-state index contributed by atoms with van der Waals surface area (Å²) in [5, 5.41) is 8.36. The zero-order valence-electron chi connectivity index (χ0n) is 14.6. The van der Waals surface area contributed by atoms with E-state index < -0.39 is 0 Å². The molecule has 1 aromatic heterocycles. The standard InChI is InChI=1S/C18H25N5O/c1-12-5-4-6-15(9-12)23-14(3)17(20-21-23)18(24)22-8-7-13(2)10-16(22)11-19/h4-6,9,13,16H,7-8,10-11,19H2,1-3H3. The molecule has 2 aromatic rings. The number of hydrogen-bond acceptors (Lipinski definition) is 4. The van der Waals surface area contributed by atoms with Crippen molar-refractivity contribution >= 4 is 5.91 Å². The van der Waals surface area contributed by atoms with Crippen LogP contribution in [0.5, 0.6) is 0 Å². The number of nitrogens with zero attached hydrogens (tertiary/aromatic N) is 4. The monoisotopic (exact) mass is 327 g/mol. The fourth-order valence-electron chi connectivity index (χ4n) is 3.41. The first kappa shape index (κ1) is 16.6. The maximum absolute atomic E-state index is 13.0. The molecule has 1 amide bonds. The maximum atomic E-state index is 13.0. The molecular weight excluding hydrogens is 302 g/mol. The highest BCUT2D eigenvalue weighted by molar-refractivity contribution is 5.93. The molecule has 1 aromatic carbocycles. The smallest absolute Gasteiger partial charge is 0.276 e. The van der Waals surface area contributed by atoms with E-state index in [4.69, 9.17) is 5.73 Å². The number of benzene rings is 1. The second kappa shape index (κ2) is 6.73.